The van der Waals surface area contributed by atoms with E-state index in [4.69, 9.17) is 0 Å². The van der Waals surface area contributed by atoms with E-state index in [1.807, 2.05) is 30.3 Å². The van der Waals surface area contributed by atoms with Crippen LogP contribution in [0.4, 0.5) is 5.69 Å². The van der Waals surface area contributed by atoms with Crippen molar-refractivity contribution in [3.63, 3.8) is 0 Å². The van der Waals surface area contributed by atoms with Crippen molar-refractivity contribution in [3.05, 3.63) is 59.7 Å². The van der Waals surface area contributed by atoms with Gasteiger partial charge in [0.2, 0.25) is 21.8 Å². The molecule has 0 saturated carbocycles. The molecule has 33 heavy (non-hydrogen) atoms. The number of benzene rings is 2. The Morgan fingerprint density at radius 3 is 2.48 bits per heavy atom. The van der Waals surface area contributed by atoms with Crippen molar-refractivity contribution in [1.82, 2.24) is 9.62 Å². The molecule has 2 N–H and O–H groups in total. The van der Waals surface area contributed by atoms with Gasteiger partial charge in [-0.2, -0.15) is 4.72 Å². The van der Waals surface area contributed by atoms with E-state index in [-0.39, 0.29) is 23.1 Å². The van der Waals surface area contributed by atoms with E-state index in [0.29, 0.717) is 43.5 Å². The van der Waals surface area contributed by atoms with Gasteiger partial charge in [0.1, 0.15) is 6.04 Å². The van der Waals surface area contributed by atoms with E-state index < -0.39 is 16.1 Å². The number of hydrogen-bond acceptors (Lipinski definition) is 4. The second-order valence-corrected chi connectivity index (χ2v) is 11.1. The highest BCUT2D eigenvalue weighted by molar-refractivity contribution is 7.89. The lowest BCUT2D eigenvalue weighted by atomic mass is 9.91. The Hall–Kier alpha value is -2.71. The molecule has 0 spiro atoms. The quantitative estimate of drug-likeness (QED) is 0.680. The summed E-state index contributed by atoms with van der Waals surface area (Å²) in [5.41, 5.74) is 2.31. The number of carbonyl (C=O) groups excluding carboxylic acids is 2. The van der Waals surface area contributed by atoms with Crippen molar-refractivity contribution < 1.29 is 18.0 Å². The highest BCUT2D eigenvalue weighted by atomic mass is 32.2. The molecule has 2 aliphatic heterocycles. The molecule has 2 aliphatic rings. The molecule has 7 nitrogen and oxygen atoms in total. The molecule has 2 heterocycles. The summed E-state index contributed by atoms with van der Waals surface area (Å²) in [7, 11) is -3.95. The molecule has 1 saturated heterocycles. The number of amides is 2. The molecular formula is C25H31N3O4S. The van der Waals surface area contributed by atoms with Crippen molar-refractivity contribution in [2.75, 3.05) is 18.4 Å². The van der Waals surface area contributed by atoms with Gasteiger partial charge in [0.25, 0.3) is 0 Å². The topological polar surface area (TPSA) is 95.6 Å². The van der Waals surface area contributed by atoms with Crippen LogP contribution in [-0.2, 0) is 32.5 Å². The van der Waals surface area contributed by atoms with Crippen LogP contribution >= 0.6 is 0 Å². The summed E-state index contributed by atoms with van der Waals surface area (Å²) in [5, 5.41) is 2.77. The minimum absolute atomic E-state index is 0.0743. The van der Waals surface area contributed by atoms with Crippen LogP contribution in [0, 0.1) is 11.8 Å². The number of hydrogen-bond donors (Lipinski definition) is 2. The maximum absolute atomic E-state index is 13.5. The first-order valence-electron chi connectivity index (χ1n) is 11.5. The summed E-state index contributed by atoms with van der Waals surface area (Å²) in [4.78, 5) is 27.0. The largest absolute Gasteiger partial charge is 0.341 e. The van der Waals surface area contributed by atoms with Gasteiger partial charge in [-0.25, -0.2) is 8.42 Å². The van der Waals surface area contributed by atoms with Crippen LogP contribution in [0.25, 0.3) is 0 Å². The predicted molar refractivity (Wildman–Crippen MR) is 127 cm³/mol. The number of likely N-dealkylation sites (tertiary alicyclic amines) is 1. The van der Waals surface area contributed by atoms with Crippen LogP contribution in [0.3, 0.4) is 0 Å². The second-order valence-electron chi connectivity index (χ2n) is 9.42. The predicted octanol–water partition coefficient (Wildman–Crippen LogP) is 2.97. The van der Waals surface area contributed by atoms with E-state index in [2.05, 4.69) is 23.9 Å². The first-order valence-corrected chi connectivity index (χ1v) is 13.0. The van der Waals surface area contributed by atoms with Gasteiger partial charge in [-0.1, -0.05) is 44.2 Å². The van der Waals surface area contributed by atoms with Gasteiger partial charge >= 0.3 is 0 Å². The Kier molecular flexibility index (Phi) is 6.86. The molecule has 2 aromatic carbocycles. The number of fused-ring (bicyclic) bond motifs is 1. The van der Waals surface area contributed by atoms with Crippen LogP contribution in [0.15, 0.2) is 53.4 Å². The first kappa shape index (κ1) is 23.4. The summed E-state index contributed by atoms with van der Waals surface area (Å²) < 4.78 is 29.4. The fourth-order valence-electron chi connectivity index (χ4n) is 4.87. The zero-order valence-corrected chi connectivity index (χ0v) is 19.9. The van der Waals surface area contributed by atoms with Crippen LogP contribution in [-0.4, -0.2) is 44.3 Å². The molecule has 2 aromatic rings. The highest BCUT2D eigenvalue weighted by Gasteiger charge is 2.33. The maximum atomic E-state index is 13.5. The molecule has 0 radical (unpaired) electrons. The van der Waals surface area contributed by atoms with Crippen molar-refractivity contribution >= 4 is 27.5 Å². The Morgan fingerprint density at radius 2 is 1.79 bits per heavy atom. The number of aryl methyl sites for hydroxylation is 1. The van der Waals surface area contributed by atoms with Gasteiger partial charge < -0.3 is 10.2 Å². The van der Waals surface area contributed by atoms with Gasteiger partial charge in [-0.3, -0.25) is 9.59 Å². The maximum Gasteiger partial charge on any atom is 0.241 e. The Morgan fingerprint density at radius 1 is 1.09 bits per heavy atom. The molecule has 0 unspecified atom stereocenters. The molecule has 4 rings (SSSR count). The van der Waals surface area contributed by atoms with E-state index in [1.165, 1.54) is 6.07 Å². The smallest absolute Gasteiger partial charge is 0.241 e. The lowest BCUT2D eigenvalue weighted by Crippen LogP contribution is -2.53. The lowest BCUT2D eigenvalue weighted by Gasteiger charge is -2.37. The van der Waals surface area contributed by atoms with Gasteiger partial charge in [0.05, 0.1) is 4.90 Å². The molecule has 176 valence electrons. The average molecular weight is 470 g/mol. The summed E-state index contributed by atoms with van der Waals surface area (Å²) in [6, 6.07) is 13.2. The normalized spacial score (nSPS) is 21.8. The average Bonchev–Trinajstić information content (AvgIpc) is 2.77. The van der Waals surface area contributed by atoms with E-state index >= 15 is 0 Å². The second kappa shape index (κ2) is 9.65. The fourth-order valence-corrected chi connectivity index (χ4v) is 6.11. The van der Waals surface area contributed by atoms with E-state index in [0.717, 1.165) is 17.5 Å². The third-order valence-corrected chi connectivity index (χ3v) is 7.81. The summed E-state index contributed by atoms with van der Waals surface area (Å²) in [6.07, 6.45) is 2.15. The minimum Gasteiger partial charge on any atom is -0.341 e. The molecule has 0 bridgehead atoms. The van der Waals surface area contributed by atoms with Crippen molar-refractivity contribution in [2.45, 2.75) is 50.5 Å². The highest BCUT2D eigenvalue weighted by Crippen LogP contribution is 2.26. The van der Waals surface area contributed by atoms with E-state index in [9.17, 15) is 18.0 Å². The Balaban J connectivity index is 1.60. The number of rotatable bonds is 6. The Bertz CT molecular complexity index is 1120. The molecule has 3 atom stereocenters. The standard InChI is InChI=1S/C25H31N3O4S/c1-17-12-18(2)16-28(15-17)25(30)23(13-19-6-4-3-5-7-19)27-33(31,32)21-9-10-22-20(14-21)8-11-24(29)26-22/h3-7,9-10,14,17-18,23,27H,8,11-13,15-16H2,1-2H3,(H,26,29)/t17-,18-,23-/m1/s1. The first-order chi connectivity index (χ1) is 15.7. The number of nitrogens with zero attached hydrogens (tertiary/aromatic N) is 1. The number of sulfonamides is 1. The van der Waals surface area contributed by atoms with Gasteiger partial charge in [-0.05, 0) is 60.4 Å². The number of piperidine rings is 1. The van der Waals surface area contributed by atoms with Crippen molar-refractivity contribution in [3.8, 4) is 0 Å². The fraction of sp³-hybridized carbons (Fsp3) is 0.440. The van der Waals surface area contributed by atoms with E-state index in [1.54, 1.807) is 17.0 Å². The van der Waals surface area contributed by atoms with Crippen LogP contribution in [0.2, 0.25) is 0 Å². The van der Waals surface area contributed by atoms with Crippen molar-refractivity contribution in [2.24, 2.45) is 11.8 Å². The molecular weight excluding hydrogens is 438 g/mol. The van der Waals surface area contributed by atoms with Crippen LogP contribution in [0.5, 0.6) is 0 Å². The zero-order chi connectivity index (χ0) is 23.6. The van der Waals surface area contributed by atoms with Crippen LogP contribution < -0.4 is 10.0 Å². The lowest BCUT2D eigenvalue weighted by molar-refractivity contribution is -0.135. The van der Waals surface area contributed by atoms with Gasteiger partial charge in [-0.15, -0.1) is 0 Å². The minimum atomic E-state index is -3.95. The third-order valence-electron chi connectivity index (χ3n) is 6.34. The number of nitrogens with one attached hydrogen (secondary N) is 2. The van der Waals surface area contributed by atoms with Crippen molar-refractivity contribution in [1.29, 1.82) is 0 Å². The molecule has 2 amide bonds. The van der Waals surface area contributed by atoms with Crippen LogP contribution in [0.1, 0.15) is 37.8 Å². The number of anilines is 1. The SMILES string of the molecule is C[C@@H]1C[C@@H](C)CN(C(=O)[C@@H](Cc2ccccc2)NS(=O)(=O)c2ccc3c(c2)CCC(=O)N3)C1. The molecule has 0 aromatic heterocycles. The third kappa shape index (κ3) is 5.62. The summed E-state index contributed by atoms with van der Waals surface area (Å²) in [5.74, 6) is 0.492. The number of carbonyl (C=O) groups is 2. The monoisotopic (exact) mass is 469 g/mol. The molecule has 8 heteroatoms. The molecule has 1 fully saturated rings. The zero-order valence-electron chi connectivity index (χ0n) is 19.1. The molecule has 0 aliphatic carbocycles. The van der Waals surface area contributed by atoms with Gasteiger partial charge in [0.15, 0.2) is 0 Å². The Labute approximate surface area is 195 Å². The summed E-state index contributed by atoms with van der Waals surface area (Å²) in [6.45, 7) is 5.51. The van der Waals surface area contributed by atoms with Gasteiger partial charge in [0, 0.05) is 25.2 Å². The summed E-state index contributed by atoms with van der Waals surface area (Å²) >= 11 is 0.